The van der Waals surface area contributed by atoms with Gasteiger partial charge in [-0.05, 0) is 213 Å². The Balaban J connectivity index is 0.709. The number of carbonyl (C=O) groups excluding carboxylic acids is 2. The molecule has 1 aromatic heterocycles. The van der Waals surface area contributed by atoms with E-state index in [2.05, 4.69) is 81.4 Å². The third kappa shape index (κ3) is 10.9. The highest BCUT2D eigenvalue weighted by molar-refractivity contribution is 6.58. The molecule has 6 saturated carbocycles. The Hall–Kier alpha value is -4.53. The zero-order valence-corrected chi connectivity index (χ0v) is 54.1. The molecular weight excluding hydrogens is 1050 g/mol. The summed E-state index contributed by atoms with van der Waals surface area (Å²) in [5.74, 6) is 8.13. The van der Waals surface area contributed by atoms with Crippen molar-refractivity contribution in [3.05, 3.63) is 118 Å². The molecule has 3 heterocycles. The van der Waals surface area contributed by atoms with Gasteiger partial charge in [-0.3, -0.25) is 0 Å². The third-order valence-corrected chi connectivity index (χ3v) is 26.2. The van der Waals surface area contributed by atoms with Crippen LogP contribution in [0.25, 0.3) is 11.6 Å². The topological polar surface area (TPSA) is 60.5 Å². The minimum atomic E-state index is -4.49. The number of fused-ring (bicyclic) bond motifs is 12. The van der Waals surface area contributed by atoms with Gasteiger partial charge in [0.1, 0.15) is 12.2 Å². The first-order chi connectivity index (χ1) is 40.5. The number of hydrogen-bond acceptors (Lipinski definition) is 4. The number of benzene rings is 1. The Kier molecular flexibility index (Phi) is 16.8. The summed E-state index contributed by atoms with van der Waals surface area (Å²) in [4.78, 5) is 27.7. The van der Waals surface area contributed by atoms with Gasteiger partial charge in [-0.2, -0.15) is 0 Å². The van der Waals surface area contributed by atoms with Gasteiger partial charge < -0.3 is 27.1 Å². The van der Waals surface area contributed by atoms with Crippen molar-refractivity contribution >= 4 is 36.3 Å². The molecule has 0 spiro atoms. The molecule has 0 amide bonds. The minimum Gasteiger partial charge on any atom is -0.459 e. The number of hydrogen-bond donors (Lipinski definition) is 0. The summed E-state index contributed by atoms with van der Waals surface area (Å²) in [6.45, 7) is 22.4. The van der Waals surface area contributed by atoms with E-state index in [-0.39, 0.29) is 34.4 Å². The molecule has 85 heavy (non-hydrogen) atoms. The fourth-order valence-electron chi connectivity index (χ4n) is 21.8. The number of carbonyl (C=O) groups is 2. The molecule has 0 saturated heterocycles. The van der Waals surface area contributed by atoms with Crippen molar-refractivity contribution in [1.29, 1.82) is 0 Å². The Morgan fingerprint density at radius 2 is 1.13 bits per heavy atom. The maximum absolute atomic E-state index is 17.6. The van der Waals surface area contributed by atoms with Gasteiger partial charge in [-0.15, -0.1) is 0 Å². The molecule has 12 rings (SSSR count). The van der Waals surface area contributed by atoms with Crippen LogP contribution in [-0.2, 0) is 19.1 Å². The van der Waals surface area contributed by atoms with E-state index < -0.39 is 18.9 Å². The van der Waals surface area contributed by atoms with Crippen molar-refractivity contribution in [3.8, 4) is 0 Å². The monoisotopic (exact) mass is 1160 g/mol. The molecule has 16 atom stereocenters. The van der Waals surface area contributed by atoms with Crippen molar-refractivity contribution in [2.75, 3.05) is 0 Å². The van der Waals surface area contributed by atoms with Crippen LogP contribution in [0.2, 0.25) is 0 Å². The molecule has 2 aromatic rings. The zero-order chi connectivity index (χ0) is 60.0. The van der Waals surface area contributed by atoms with E-state index in [9.17, 15) is 9.59 Å². The smallest absolute Gasteiger partial charge is 0.459 e. The molecule has 2 unspecified atom stereocenters. The number of nitrogens with zero attached hydrogens (tertiary/aromatic N) is 2. The summed E-state index contributed by atoms with van der Waals surface area (Å²) in [5.41, 5.74) is 7.71. The van der Waals surface area contributed by atoms with Gasteiger partial charge in [-0.1, -0.05) is 161 Å². The quantitative estimate of drug-likeness (QED) is 0.0685. The predicted molar refractivity (Wildman–Crippen MR) is 343 cm³/mol. The number of esters is 2. The molecule has 0 radical (unpaired) electrons. The highest BCUT2D eigenvalue weighted by Crippen LogP contribution is 2.69. The molecular formula is C76H105BF2N2O4. The van der Waals surface area contributed by atoms with E-state index in [0.717, 1.165) is 131 Å². The highest BCUT2D eigenvalue weighted by atomic mass is 19.2. The summed E-state index contributed by atoms with van der Waals surface area (Å²) in [7, 11) is 0. The van der Waals surface area contributed by atoms with Crippen LogP contribution in [0.3, 0.4) is 0 Å². The molecule has 9 heteroatoms. The minimum absolute atomic E-state index is 0.124. The summed E-state index contributed by atoms with van der Waals surface area (Å²) in [5, 5.41) is 0. The fourth-order valence-corrected chi connectivity index (χ4v) is 21.8. The first kappa shape index (κ1) is 60.7. The number of aromatic nitrogens is 1. The van der Waals surface area contributed by atoms with Crippen molar-refractivity contribution in [2.24, 2.45) is 92.7 Å². The van der Waals surface area contributed by atoms with E-state index in [0.29, 0.717) is 39.6 Å². The van der Waals surface area contributed by atoms with Crippen LogP contribution < -0.4 is 0 Å². The summed E-state index contributed by atoms with van der Waals surface area (Å²) >= 11 is 0. The number of allylic oxidation sites excluding steroid dienone is 5. The maximum atomic E-state index is 17.6. The molecule has 8 aliphatic carbocycles. The van der Waals surface area contributed by atoms with Crippen LogP contribution in [0.4, 0.5) is 8.63 Å². The van der Waals surface area contributed by atoms with Gasteiger partial charge in [0.15, 0.2) is 11.4 Å². The SMILES string of the molecule is Cc1ccc(C2=C3C=CC(/C=C/C(=O)OC4CC[C@@]5(C)C(=CC[C@H]6[C@@H]7CC[C@H]([C@H](C)CCCC(C)C)[C@@]7(C)CC[C@@H]65)C4)=[N+]3[B-](F)(F)n3c(/C=C/C(=O)OC4CC[C@@]5(C)C(=CC[C@H]6[C@@H]7CC[C@H]([C@H](C)CCCC(C)C)[C@@]7(C)CC[C@@H]65)C4)ccc32)cc1. The van der Waals surface area contributed by atoms with Crippen LogP contribution in [0, 0.1) is 99.6 Å². The third-order valence-electron chi connectivity index (χ3n) is 26.2. The predicted octanol–water partition coefficient (Wildman–Crippen LogP) is 19.3. The summed E-state index contributed by atoms with van der Waals surface area (Å²) < 4.78 is 49.9. The standard InChI is InChI=1S/C76H105BF2N2O4/c1-48(2)14-12-16-51(6)62-30-32-64-60-28-22-54-46-58(38-42-73(54,8)66(60)40-44-75(62,64)10)84-70(82)36-26-56-24-34-68-72(53-20-18-50(5)19-21-53)69-35-25-57(81(69)77(78,79)80(56)68)27-37-71(83)85-59-39-43-74(9)55(47-59)23-29-61-65-33-31-63(52(7)17-13-15-49(3)4)76(65,11)45-41-67(61)74/h18-27,34-37,48-49,51-52,58-67H,12-17,28-33,38-47H2,1-11H3/b36-26+,37-27+/t51-,52-,58?,59?,60+,61+,62-,63-,64+,65+,66+,67+,73+,74+,75-,76-/m1/s1. The molecule has 2 aliphatic heterocycles. The molecule has 6 nitrogen and oxygen atoms in total. The molecule has 460 valence electrons. The average molecular weight is 1160 g/mol. The lowest BCUT2D eigenvalue weighted by molar-refractivity contribution is -0.360. The van der Waals surface area contributed by atoms with Crippen LogP contribution >= 0.6 is 0 Å². The second-order valence-corrected chi connectivity index (χ2v) is 31.7. The number of ether oxygens (including phenoxy) is 2. The lowest BCUT2D eigenvalue weighted by atomic mass is 9.47. The largest absolute Gasteiger partial charge is 0.737 e. The Morgan fingerprint density at radius 3 is 1.64 bits per heavy atom. The van der Waals surface area contributed by atoms with E-state index in [4.69, 9.17) is 9.47 Å². The van der Waals surface area contributed by atoms with Gasteiger partial charge >= 0.3 is 18.9 Å². The fraction of sp³-hybridized carbons (Fsp3) is 0.671. The number of halogens is 2. The second-order valence-electron chi connectivity index (χ2n) is 31.7. The Bertz CT molecular complexity index is 3100. The van der Waals surface area contributed by atoms with E-state index >= 15 is 8.63 Å². The zero-order valence-electron chi connectivity index (χ0n) is 54.1. The van der Waals surface area contributed by atoms with Crippen LogP contribution in [0.15, 0.2) is 95.8 Å². The summed E-state index contributed by atoms with van der Waals surface area (Å²) in [6.07, 6.45) is 39.9. The van der Waals surface area contributed by atoms with Crippen molar-refractivity contribution in [1.82, 2.24) is 4.48 Å². The molecule has 0 bridgehead atoms. The van der Waals surface area contributed by atoms with Gasteiger partial charge in [0.05, 0.1) is 5.57 Å². The van der Waals surface area contributed by atoms with Crippen LogP contribution in [0.1, 0.15) is 233 Å². The second kappa shape index (κ2) is 23.4. The van der Waals surface area contributed by atoms with Crippen molar-refractivity contribution < 1.29 is 32.2 Å². The van der Waals surface area contributed by atoms with E-state index in [1.165, 1.54) is 125 Å². The van der Waals surface area contributed by atoms with Crippen LogP contribution in [0.5, 0.6) is 0 Å². The molecule has 1 aromatic carbocycles. The average Bonchev–Trinajstić information content (AvgIpc) is 1.77. The van der Waals surface area contributed by atoms with E-state index in [1.54, 1.807) is 24.3 Å². The van der Waals surface area contributed by atoms with E-state index in [1.807, 2.05) is 31.2 Å². The van der Waals surface area contributed by atoms with Crippen LogP contribution in [-0.4, -0.2) is 45.8 Å². The first-order valence-corrected chi connectivity index (χ1v) is 34.6. The Labute approximate surface area is 511 Å². The van der Waals surface area contributed by atoms with Gasteiger partial charge in [0, 0.05) is 54.6 Å². The maximum Gasteiger partial charge on any atom is 0.737 e. The Morgan fingerprint density at radius 1 is 0.624 bits per heavy atom. The number of aryl methyl sites for hydroxylation is 1. The normalized spacial score (nSPS) is 36.9. The first-order valence-electron chi connectivity index (χ1n) is 34.6. The lowest BCUT2D eigenvalue weighted by Crippen LogP contribution is -2.51. The molecule has 0 N–H and O–H groups in total. The van der Waals surface area contributed by atoms with Crippen molar-refractivity contribution in [3.63, 3.8) is 0 Å². The van der Waals surface area contributed by atoms with Crippen molar-refractivity contribution in [2.45, 2.75) is 230 Å². The molecule has 10 aliphatic rings. The van der Waals surface area contributed by atoms with Gasteiger partial charge in [0.2, 0.25) is 0 Å². The molecule has 6 fully saturated rings. The van der Waals surface area contributed by atoms with Gasteiger partial charge in [-0.25, -0.2) is 9.59 Å². The highest BCUT2D eigenvalue weighted by Gasteiger charge is 2.62. The van der Waals surface area contributed by atoms with Gasteiger partial charge in [0.25, 0.3) is 0 Å². The summed E-state index contributed by atoms with van der Waals surface area (Å²) in [6, 6.07) is 11.4. The lowest BCUT2D eigenvalue weighted by Gasteiger charge is -2.58. The number of rotatable bonds is 17.